The van der Waals surface area contributed by atoms with Gasteiger partial charge in [0.05, 0.1) is 23.9 Å². The van der Waals surface area contributed by atoms with Crippen LogP contribution >= 0.6 is 11.3 Å². The highest BCUT2D eigenvalue weighted by Crippen LogP contribution is 2.22. The Morgan fingerprint density at radius 3 is 2.61 bits per heavy atom. The molecular formula is C21H21FN2O3S. The first-order valence-corrected chi connectivity index (χ1v) is 9.62. The fraction of sp³-hybridized carbons (Fsp3) is 0.238. The second-order valence-corrected chi connectivity index (χ2v) is 7.32. The summed E-state index contributed by atoms with van der Waals surface area (Å²) < 4.78 is 24.5. The molecule has 1 N–H and O–H groups in total. The largest absolute Gasteiger partial charge is 0.494 e. The summed E-state index contributed by atoms with van der Waals surface area (Å²) in [6, 6.07) is 11.2. The third kappa shape index (κ3) is 4.86. The number of hydrogen-bond donors (Lipinski definition) is 1. The Morgan fingerprint density at radius 2 is 2.00 bits per heavy atom. The maximum absolute atomic E-state index is 13.9. The normalized spacial score (nSPS) is 11.7. The molecule has 1 amide bonds. The number of aromatic nitrogens is 1. The molecule has 0 aliphatic heterocycles. The number of nitrogens with one attached hydrogen (secondary N) is 1. The summed E-state index contributed by atoms with van der Waals surface area (Å²) >= 11 is 1.58. The molecule has 0 spiro atoms. The van der Waals surface area contributed by atoms with Crippen LogP contribution in [0.15, 0.2) is 47.8 Å². The standard InChI is InChI=1S/C21H21FN2O3S/c1-13(16-6-9-20(26-3)19(22)10-16)23-21(25)15-4-7-18(8-5-15)27-11-17-12-28-14(2)24-17/h4-10,12-13H,11H2,1-3H3,(H,23,25)/t13-/m1/s1. The Morgan fingerprint density at radius 1 is 1.25 bits per heavy atom. The molecule has 1 aromatic heterocycles. The van der Waals surface area contributed by atoms with E-state index in [0.29, 0.717) is 23.5 Å². The summed E-state index contributed by atoms with van der Waals surface area (Å²) in [7, 11) is 1.41. The van der Waals surface area contributed by atoms with Gasteiger partial charge in [-0.25, -0.2) is 9.37 Å². The molecule has 146 valence electrons. The number of hydrogen-bond acceptors (Lipinski definition) is 5. The molecule has 0 saturated heterocycles. The lowest BCUT2D eigenvalue weighted by atomic mass is 10.1. The molecule has 5 nitrogen and oxygen atoms in total. The van der Waals surface area contributed by atoms with Gasteiger partial charge in [-0.2, -0.15) is 0 Å². The first kappa shape index (κ1) is 19.8. The average molecular weight is 400 g/mol. The summed E-state index contributed by atoms with van der Waals surface area (Å²) in [5.74, 6) is 0.126. The van der Waals surface area contributed by atoms with Crippen molar-refractivity contribution in [1.82, 2.24) is 10.3 Å². The molecule has 3 aromatic rings. The highest BCUT2D eigenvalue weighted by Gasteiger charge is 2.14. The Kier molecular flexibility index (Phi) is 6.26. The summed E-state index contributed by atoms with van der Waals surface area (Å²) in [6.07, 6.45) is 0. The lowest BCUT2D eigenvalue weighted by molar-refractivity contribution is 0.0939. The molecule has 3 rings (SSSR count). The molecule has 2 aromatic carbocycles. The predicted octanol–water partition coefficient (Wildman–Crippen LogP) is 4.67. The molecule has 0 aliphatic rings. The topological polar surface area (TPSA) is 60.5 Å². The lowest BCUT2D eigenvalue weighted by Crippen LogP contribution is -2.26. The third-order valence-electron chi connectivity index (χ3n) is 4.19. The van der Waals surface area contributed by atoms with E-state index in [1.807, 2.05) is 12.3 Å². The summed E-state index contributed by atoms with van der Waals surface area (Å²) in [4.78, 5) is 16.8. The number of methoxy groups -OCH3 is 1. The molecule has 0 radical (unpaired) electrons. The number of amides is 1. The number of halogens is 1. The van der Waals surface area contributed by atoms with Crippen LogP contribution in [0.5, 0.6) is 11.5 Å². The number of rotatable bonds is 7. The van der Waals surface area contributed by atoms with Crippen LogP contribution in [0.3, 0.4) is 0 Å². The molecular weight excluding hydrogens is 379 g/mol. The van der Waals surface area contributed by atoms with Crippen molar-refractivity contribution in [2.24, 2.45) is 0 Å². The maximum Gasteiger partial charge on any atom is 0.251 e. The highest BCUT2D eigenvalue weighted by atomic mass is 32.1. The van der Waals surface area contributed by atoms with E-state index in [0.717, 1.165) is 10.7 Å². The second kappa shape index (κ2) is 8.84. The van der Waals surface area contributed by atoms with Gasteiger partial charge in [-0.1, -0.05) is 6.07 Å². The van der Waals surface area contributed by atoms with Gasteiger partial charge in [-0.15, -0.1) is 11.3 Å². The van der Waals surface area contributed by atoms with E-state index < -0.39 is 5.82 Å². The number of aryl methyl sites for hydroxylation is 1. The van der Waals surface area contributed by atoms with Crippen molar-refractivity contribution < 1.29 is 18.7 Å². The van der Waals surface area contributed by atoms with E-state index >= 15 is 0 Å². The number of carbonyl (C=O) groups is 1. The van der Waals surface area contributed by atoms with E-state index in [4.69, 9.17) is 9.47 Å². The minimum absolute atomic E-state index is 0.172. The van der Waals surface area contributed by atoms with Crippen molar-refractivity contribution >= 4 is 17.2 Å². The molecule has 7 heteroatoms. The van der Waals surface area contributed by atoms with Crippen molar-refractivity contribution in [2.75, 3.05) is 7.11 Å². The molecule has 1 heterocycles. The number of ether oxygens (including phenoxy) is 2. The molecule has 0 unspecified atom stereocenters. The van der Waals surface area contributed by atoms with Gasteiger partial charge in [-0.3, -0.25) is 4.79 Å². The van der Waals surface area contributed by atoms with Gasteiger partial charge >= 0.3 is 0 Å². The van der Waals surface area contributed by atoms with E-state index in [1.165, 1.54) is 13.2 Å². The van der Waals surface area contributed by atoms with Gasteiger partial charge in [-0.05, 0) is 55.8 Å². The van der Waals surface area contributed by atoms with Gasteiger partial charge < -0.3 is 14.8 Å². The molecule has 1 atom stereocenters. The Labute approximate surface area is 167 Å². The van der Waals surface area contributed by atoms with Crippen LogP contribution in [-0.2, 0) is 6.61 Å². The summed E-state index contributed by atoms with van der Waals surface area (Å²) in [6.45, 7) is 4.13. The monoisotopic (exact) mass is 400 g/mol. The van der Waals surface area contributed by atoms with Gasteiger partial charge in [0, 0.05) is 10.9 Å². The zero-order valence-corrected chi connectivity index (χ0v) is 16.7. The van der Waals surface area contributed by atoms with E-state index in [-0.39, 0.29) is 17.7 Å². The van der Waals surface area contributed by atoms with Crippen molar-refractivity contribution in [2.45, 2.75) is 26.5 Å². The summed E-state index contributed by atoms with van der Waals surface area (Å²) in [5.41, 5.74) is 2.03. The van der Waals surface area contributed by atoms with Gasteiger partial charge in [0.1, 0.15) is 12.4 Å². The van der Waals surface area contributed by atoms with Gasteiger partial charge in [0.25, 0.3) is 5.91 Å². The number of benzene rings is 2. The fourth-order valence-electron chi connectivity index (χ4n) is 2.65. The summed E-state index contributed by atoms with van der Waals surface area (Å²) in [5, 5.41) is 5.82. The van der Waals surface area contributed by atoms with Gasteiger partial charge in [0.2, 0.25) is 0 Å². The zero-order valence-electron chi connectivity index (χ0n) is 15.9. The van der Waals surface area contributed by atoms with Crippen molar-refractivity contribution in [3.05, 3.63) is 75.5 Å². The van der Waals surface area contributed by atoms with Crippen molar-refractivity contribution in [3.63, 3.8) is 0 Å². The first-order chi connectivity index (χ1) is 13.5. The minimum atomic E-state index is -0.460. The lowest BCUT2D eigenvalue weighted by Gasteiger charge is -2.15. The van der Waals surface area contributed by atoms with Crippen LogP contribution in [0.2, 0.25) is 0 Å². The van der Waals surface area contributed by atoms with Crippen LogP contribution in [0.4, 0.5) is 4.39 Å². The molecule has 28 heavy (non-hydrogen) atoms. The Hall–Kier alpha value is -2.93. The predicted molar refractivity (Wildman–Crippen MR) is 106 cm³/mol. The minimum Gasteiger partial charge on any atom is -0.494 e. The number of nitrogens with zero attached hydrogens (tertiary/aromatic N) is 1. The quantitative estimate of drug-likeness (QED) is 0.626. The highest BCUT2D eigenvalue weighted by molar-refractivity contribution is 7.09. The van der Waals surface area contributed by atoms with Gasteiger partial charge in [0.15, 0.2) is 11.6 Å². The Bertz CT molecular complexity index is 957. The second-order valence-electron chi connectivity index (χ2n) is 6.26. The van der Waals surface area contributed by atoms with E-state index in [1.54, 1.807) is 54.7 Å². The van der Waals surface area contributed by atoms with Crippen LogP contribution in [0.1, 0.15) is 39.6 Å². The molecule has 0 fully saturated rings. The number of thiazole rings is 1. The maximum atomic E-state index is 13.9. The van der Waals surface area contributed by atoms with Crippen molar-refractivity contribution in [3.8, 4) is 11.5 Å². The molecule has 0 aliphatic carbocycles. The first-order valence-electron chi connectivity index (χ1n) is 8.74. The van der Waals surface area contributed by atoms with E-state index in [9.17, 15) is 9.18 Å². The fourth-order valence-corrected chi connectivity index (χ4v) is 3.25. The average Bonchev–Trinajstić information content (AvgIpc) is 3.11. The van der Waals surface area contributed by atoms with Crippen LogP contribution in [-0.4, -0.2) is 18.0 Å². The SMILES string of the molecule is COc1ccc([C@@H](C)NC(=O)c2ccc(OCc3csc(C)n3)cc2)cc1F. The Balaban J connectivity index is 1.58. The molecule has 0 saturated carbocycles. The van der Waals surface area contributed by atoms with Crippen LogP contribution in [0.25, 0.3) is 0 Å². The van der Waals surface area contributed by atoms with Crippen LogP contribution < -0.4 is 14.8 Å². The number of carbonyl (C=O) groups excluding carboxylic acids is 1. The van der Waals surface area contributed by atoms with E-state index in [2.05, 4.69) is 10.3 Å². The molecule has 0 bridgehead atoms. The smallest absolute Gasteiger partial charge is 0.251 e. The third-order valence-corrected chi connectivity index (χ3v) is 5.02. The zero-order chi connectivity index (χ0) is 20.1. The van der Waals surface area contributed by atoms with Crippen LogP contribution in [0, 0.1) is 12.7 Å². The van der Waals surface area contributed by atoms with Crippen molar-refractivity contribution in [1.29, 1.82) is 0 Å².